The topological polar surface area (TPSA) is 32.7 Å². The van der Waals surface area contributed by atoms with Crippen LogP contribution < -0.4 is 0 Å². The maximum Gasteiger partial charge on any atom is 0.416 e. The molecule has 1 aliphatic carbocycles. The number of aliphatic imine (C=N–C) groups is 1. The van der Waals surface area contributed by atoms with Crippen molar-refractivity contribution in [3.63, 3.8) is 0 Å². The van der Waals surface area contributed by atoms with Gasteiger partial charge in [-0.3, -0.25) is 9.79 Å². The van der Waals surface area contributed by atoms with Crippen molar-refractivity contribution in [2.45, 2.75) is 69.9 Å². The zero-order valence-corrected chi connectivity index (χ0v) is 20.5. The predicted molar refractivity (Wildman–Crippen MR) is 134 cm³/mol. The molecular weight excluding hydrogens is 449 g/mol. The maximum atomic E-state index is 13.0. The minimum atomic E-state index is -4.40. The lowest BCUT2D eigenvalue weighted by atomic mass is 9.70. The summed E-state index contributed by atoms with van der Waals surface area (Å²) in [6.45, 7) is 4.21. The molecule has 2 fully saturated rings. The molecule has 0 N–H and O–H groups in total. The van der Waals surface area contributed by atoms with Gasteiger partial charge in [-0.05, 0) is 80.7 Å². The SMILES string of the molecule is CCC[C@@H]1CCCC1=NCCC1(c2ccccc2)CCN(C(=O)c2ccc(C(F)(F)F)cc2)CC1. The Labute approximate surface area is 206 Å². The Morgan fingerprint density at radius 3 is 2.37 bits per heavy atom. The molecule has 1 saturated heterocycles. The molecule has 35 heavy (non-hydrogen) atoms. The number of nitrogens with zero attached hydrogens (tertiary/aromatic N) is 2. The van der Waals surface area contributed by atoms with Gasteiger partial charge in [0.1, 0.15) is 0 Å². The fraction of sp³-hybridized carbons (Fsp3) is 0.517. The number of hydrogen-bond acceptors (Lipinski definition) is 2. The Balaban J connectivity index is 1.44. The summed E-state index contributed by atoms with van der Waals surface area (Å²) < 4.78 is 38.6. The molecule has 1 heterocycles. The molecular formula is C29H35F3N2O. The number of carbonyl (C=O) groups excluding carboxylic acids is 1. The first-order valence-corrected chi connectivity index (χ1v) is 12.9. The molecule has 2 aromatic carbocycles. The van der Waals surface area contributed by atoms with Gasteiger partial charge >= 0.3 is 6.18 Å². The van der Waals surface area contributed by atoms with Gasteiger partial charge in [-0.2, -0.15) is 13.2 Å². The van der Waals surface area contributed by atoms with Crippen LogP contribution in [-0.4, -0.2) is 36.2 Å². The summed E-state index contributed by atoms with van der Waals surface area (Å²) >= 11 is 0. The van der Waals surface area contributed by atoms with Gasteiger partial charge in [-0.15, -0.1) is 0 Å². The van der Waals surface area contributed by atoms with E-state index < -0.39 is 11.7 Å². The predicted octanol–water partition coefficient (Wildman–Crippen LogP) is 7.31. The van der Waals surface area contributed by atoms with Crippen LogP contribution in [0.15, 0.2) is 59.6 Å². The third kappa shape index (κ3) is 5.96. The lowest BCUT2D eigenvalue weighted by Crippen LogP contribution is -2.45. The second-order valence-corrected chi connectivity index (χ2v) is 10.0. The van der Waals surface area contributed by atoms with E-state index in [2.05, 4.69) is 31.2 Å². The maximum absolute atomic E-state index is 13.0. The van der Waals surface area contributed by atoms with E-state index in [9.17, 15) is 18.0 Å². The lowest BCUT2D eigenvalue weighted by Gasteiger charge is -2.42. The minimum Gasteiger partial charge on any atom is -0.339 e. The molecule has 3 nitrogen and oxygen atoms in total. The summed E-state index contributed by atoms with van der Waals surface area (Å²) in [7, 11) is 0. The largest absolute Gasteiger partial charge is 0.416 e. The first-order chi connectivity index (χ1) is 16.8. The van der Waals surface area contributed by atoms with Gasteiger partial charge in [0, 0.05) is 36.3 Å². The number of piperidine rings is 1. The van der Waals surface area contributed by atoms with E-state index in [0.717, 1.165) is 44.4 Å². The van der Waals surface area contributed by atoms with Gasteiger partial charge in [0.25, 0.3) is 5.91 Å². The monoisotopic (exact) mass is 484 g/mol. The Morgan fingerprint density at radius 2 is 1.74 bits per heavy atom. The van der Waals surface area contributed by atoms with Gasteiger partial charge in [0.15, 0.2) is 0 Å². The zero-order chi connectivity index (χ0) is 24.9. The van der Waals surface area contributed by atoms with Crippen LogP contribution in [0.3, 0.4) is 0 Å². The van der Waals surface area contributed by atoms with Crippen LogP contribution in [0, 0.1) is 5.92 Å². The second kappa shape index (κ2) is 11.0. The standard InChI is InChI=1S/C29H35F3N2O/c1-2-7-22-8-6-11-26(22)33-19-16-28(24-9-4-3-5-10-24)17-20-34(21-18-28)27(35)23-12-14-25(15-13-23)29(30,31)32/h3-5,9-10,12-15,22H,2,6-8,11,16-21H2,1H3/t22-/m1/s1. The smallest absolute Gasteiger partial charge is 0.339 e. The average molecular weight is 485 g/mol. The molecule has 1 aliphatic heterocycles. The molecule has 0 spiro atoms. The van der Waals surface area contributed by atoms with Gasteiger partial charge in [0.05, 0.1) is 5.56 Å². The van der Waals surface area contributed by atoms with Crippen molar-refractivity contribution in [3.8, 4) is 0 Å². The molecule has 188 valence electrons. The van der Waals surface area contributed by atoms with E-state index in [1.807, 2.05) is 6.07 Å². The van der Waals surface area contributed by atoms with Crippen LogP contribution in [0.5, 0.6) is 0 Å². The van der Waals surface area contributed by atoms with Gasteiger partial charge < -0.3 is 4.90 Å². The van der Waals surface area contributed by atoms with E-state index in [4.69, 9.17) is 4.99 Å². The Kier molecular flexibility index (Phi) is 7.98. The Morgan fingerprint density at radius 1 is 1.06 bits per heavy atom. The van der Waals surface area contributed by atoms with Crippen molar-refractivity contribution < 1.29 is 18.0 Å². The molecule has 2 aliphatic rings. The minimum absolute atomic E-state index is 0.0406. The zero-order valence-electron chi connectivity index (χ0n) is 20.5. The molecule has 1 atom stereocenters. The van der Waals surface area contributed by atoms with Crippen molar-refractivity contribution in [1.29, 1.82) is 0 Å². The summed E-state index contributed by atoms with van der Waals surface area (Å²) in [6.07, 6.45) is 4.25. The summed E-state index contributed by atoms with van der Waals surface area (Å²) in [4.78, 5) is 19.9. The van der Waals surface area contributed by atoms with Gasteiger partial charge in [0.2, 0.25) is 0 Å². The van der Waals surface area contributed by atoms with Crippen molar-refractivity contribution >= 4 is 11.6 Å². The fourth-order valence-electron chi connectivity index (χ4n) is 5.78. The number of halogens is 3. The van der Waals surface area contributed by atoms with Crippen LogP contribution in [0.2, 0.25) is 0 Å². The Hall–Kier alpha value is -2.63. The van der Waals surface area contributed by atoms with Gasteiger partial charge in [-0.25, -0.2) is 0 Å². The molecule has 0 unspecified atom stereocenters. The number of likely N-dealkylation sites (tertiary alicyclic amines) is 1. The van der Waals surface area contributed by atoms with Crippen LogP contribution >= 0.6 is 0 Å². The van der Waals surface area contributed by atoms with E-state index >= 15 is 0 Å². The fourth-order valence-corrected chi connectivity index (χ4v) is 5.78. The van der Waals surface area contributed by atoms with Crippen molar-refractivity contribution in [1.82, 2.24) is 4.90 Å². The van der Waals surface area contributed by atoms with Crippen LogP contribution in [-0.2, 0) is 11.6 Å². The van der Waals surface area contributed by atoms with Crippen LogP contribution in [0.1, 0.15) is 79.8 Å². The van der Waals surface area contributed by atoms with E-state index in [0.29, 0.717) is 24.6 Å². The average Bonchev–Trinajstić information content (AvgIpc) is 3.31. The number of hydrogen-bond donors (Lipinski definition) is 0. The highest BCUT2D eigenvalue weighted by Crippen LogP contribution is 2.39. The molecule has 1 amide bonds. The third-order valence-corrected chi connectivity index (χ3v) is 7.85. The van der Waals surface area contributed by atoms with E-state index in [1.54, 1.807) is 4.90 Å². The normalized spacial score (nSPS) is 21.4. The quantitative estimate of drug-likeness (QED) is 0.405. The van der Waals surface area contributed by atoms with E-state index in [-0.39, 0.29) is 11.3 Å². The highest BCUT2D eigenvalue weighted by atomic mass is 19.4. The highest BCUT2D eigenvalue weighted by molar-refractivity contribution is 5.94. The third-order valence-electron chi connectivity index (χ3n) is 7.85. The number of rotatable bonds is 7. The van der Waals surface area contributed by atoms with Crippen molar-refractivity contribution in [2.24, 2.45) is 10.9 Å². The molecule has 0 aromatic heterocycles. The first-order valence-electron chi connectivity index (χ1n) is 12.9. The van der Waals surface area contributed by atoms with Crippen LogP contribution in [0.4, 0.5) is 13.2 Å². The molecule has 0 radical (unpaired) electrons. The van der Waals surface area contributed by atoms with Crippen molar-refractivity contribution in [3.05, 3.63) is 71.3 Å². The summed E-state index contributed by atoms with van der Waals surface area (Å²) in [5.41, 5.74) is 2.21. The molecule has 2 aromatic rings. The molecule has 4 rings (SSSR count). The number of benzene rings is 2. The molecule has 1 saturated carbocycles. The molecule has 6 heteroatoms. The summed E-state index contributed by atoms with van der Waals surface area (Å²) in [6, 6.07) is 15.1. The summed E-state index contributed by atoms with van der Waals surface area (Å²) in [5.74, 6) is 0.449. The second-order valence-electron chi connectivity index (χ2n) is 10.0. The first kappa shape index (κ1) is 25.5. The highest BCUT2D eigenvalue weighted by Gasteiger charge is 2.37. The number of carbonyl (C=O) groups is 1. The summed E-state index contributed by atoms with van der Waals surface area (Å²) in [5, 5.41) is 0. The van der Waals surface area contributed by atoms with Crippen LogP contribution in [0.25, 0.3) is 0 Å². The van der Waals surface area contributed by atoms with Gasteiger partial charge in [-0.1, -0.05) is 43.7 Å². The van der Waals surface area contributed by atoms with E-state index in [1.165, 1.54) is 49.1 Å². The van der Waals surface area contributed by atoms with Crippen molar-refractivity contribution in [2.75, 3.05) is 19.6 Å². The molecule has 0 bridgehead atoms. The number of alkyl halides is 3. The lowest BCUT2D eigenvalue weighted by molar-refractivity contribution is -0.137. The number of amides is 1. The Bertz CT molecular complexity index is 1010.